The number of carbonyl (C=O) groups is 1. The molecule has 10 nitrogen and oxygen atoms in total. The maximum absolute atomic E-state index is 13.3. The van der Waals surface area contributed by atoms with E-state index in [-0.39, 0.29) is 19.0 Å². The number of nitrogens with zero attached hydrogens (tertiary/aromatic N) is 4. The molecule has 6 rings (SSSR count). The average Bonchev–Trinajstić information content (AvgIpc) is 3.73. The number of morpholine rings is 1. The molecule has 1 fully saturated rings. The van der Waals surface area contributed by atoms with Crippen molar-refractivity contribution in [2.24, 2.45) is 0 Å². The van der Waals surface area contributed by atoms with E-state index in [2.05, 4.69) is 15.8 Å². The minimum Gasteiger partial charge on any atom is -0.492 e. The summed E-state index contributed by atoms with van der Waals surface area (Å²) in [5.41, 5.74) is 0.584. The van der Waals surface area contributed by atoms with Crippen LogP contribution in [0.25, 0.3) is 26.4 Å². The van der Waals surface area contributed by atoms with Gasteiger partial charge in [-0.05, 0) is 44.2 Å². The lowest BCUT2D eigenvalue weighted by molar-refractivity contribution is -0.185. The molecule has 2 N–H and O–H groups in total. The van der Waals surface area contributed by atoms with E-state index in [0.717, 1.165) is 40.7 Å². The van der Waals surface area contributed by atoms with Crippen molar-refractivity contribution in [2.75, 3.05) is 50.0 Å². The van der Waals surface area contributed by atoms with Gasteiger partial charge in [-0.3, -0.25) is 14.6 Å². The second-order valence-corrected chi connectivity index (χ2v) is 11.2. The Morgan fingerprint density at radius 2 is 1.88 bits per heavy atom. The molecule has 0 aliphatic carbocycles. The fraction of sp³-hybridized carbons (Fsp3) is 0.345. The second-order valence-electron chi connectivity index (χ2n) is 10.2. The van der Waals surface area contributed by atoms with E-state index in [1.807, 2.05) is 28.8 Å². The largest absolute Gasteiger partial charge is 0.492 e. The summed E-state index contributed by atoms with van der Waals surface area (Å²) >= 11 is 1.47. The third-order valence-electron chi connectivity index (χ3n) is 6.86. The van der Waals surface area contributed by atoms with Crippen molar-refractivity contribution in [2.45, 2.75) is 25.4 Å². The summed E-state index contributed by atoms with van der Waals surface area (Å²) in [4.78, 5) is 19.3. The predicted molar refractivity (Wildman–Crippen MR) is 157 cm³/mol. The molecule has 1 aliphatic rings. The Hall–Kier alpha value is -4.14. The number of alkyl halides is 3. The number of halogens is 3. The Kier molecular flexibility index (Phi) is 6.51. The molecule has 43 heavy (non-hydrogen) atoms. The number of benzene rings is 2. The number of hydrogen-bond acceptors (Lipinski definition) is 8. The summed E-state index contributed by atoms with van der Waals surface area (Å²) in [5, 5.41) is 8.50. The predicted octanol–water partition coefficient (Wildman–Crippen LogP) is 6.40. The molecule has 0 bridgehead atoms. The SMILES string of the molecule is [2H]C1OC([2H])C([2H])N(CCOc2ccc3c(c2)sc2nc(-c4ccc(NC(=O)Nc5cc(C(C)(C)C(F)(F)F)on5)cc4)cn23)C1[2H]. The first-order valence-electron chi connectivity index (χ1n) is 15.4. The Morgan fingerprint density at radius 1 is 1.12 bits per heavy atom. The molecule has 14 heteroatoms. The molecule has 4 heterocycles. The molecule has 0 radical (unpaired) electrons. The number of thiazole rings is 1. The summed E-state index contributed by atoms with van der Waals surface area (Å²) in [6, 6.07) is 12.8. The normalized spacial score (nSPS) is 23.0. The summed E-state index contributed by atoms with van der Waals surface area (Å²) < 4.78 is 90.0. The molecule has 3 aromatic heterocycles. The summed E-state index contributed by atoms with van der Waals surface area (Å²) in [7, 11) is 0. The lowest BCUT2D eigenvalue weighted by Gasteiger charge is -2.26. The van der Waals surface area contributed by atoms with Crippen LogP contribution in [-0.4, -0.2) is 71.0 Å². The van der Waals surface area contributed by atoms with Gasteiger partial charge in [-0.25, -0.2) is 9.78 Å². The van der Waals surface area contributed by atoms with Crippen LogP contribution in [0.2, 0.25) is 0 Å². The monoisotopic (exact) mass is 618 g/mol. The van der Waals surface area contributed by atoms with E-state index in [1.54, 1.807) is 24.3 Å². The van der Waals surface area contributed by atoms with Crippen molar-refractivity contribution in [3.8, 4) is 17.0 Å². The van der Waals surface area contributed by atoms with Crippen molar-refractivity contribution in [3.05, 3.63) is 60.5 Å². The Labute approximate surface area is 254 Å². The molecule has 4 unspecified atom stereocenters. The number of fused-ring (bicyclic) bond motifs is 3. The maximum Gasteiger partial charge on any atom is 0.401 e. The number of anilines is 2. The van der Waals surface area contributed by atoms with Gasteiger partial charge in [0.25, 0.3) is 0 Å². The zero-order valence-corrected chi connectivity index (χ0v) is 23.7. The molecule has 0 saturated carbocycles. The smallest absolute Gasteiger partial charge is 0.401 e. The number of urea groups is 1. The van der Waals surface area contributed by atoms with Gasteiger partial charge in [0.2, 0.25) is 0 Å². The summed E-state index contributed by atoms with van der Waals surface area (Å²) in [6.07, 6.45) is -2.66. The highest BCUT2D eigenvalue weighted by molar-refractivity contribution is 7.23. The maximum atomic E-state index is 13.3. The third-order valence-corrected chi connectivity index (χ3v) is 7.88. The quantitative estimate of drug-likeness (QED) is 0.207. The fourth-order valence-electron chi connectivity index (χ4n) is 4.22. The number of hydrogen-bond donors (Lipinski definition) is 2. The van der Waals surface area contributed by atoms with Crippen molar-refractivity contribution in [1.29, 1.82) is 0 Å². The first kappa shape index (κ1) is 24.3. The Bertz CT molecular complexity index is 1890. The number of imidazole rings is 1. The number of rotatable bonds is 8. The lowest BCUT2D eigenvalue weighted by Crippen LogP contribution is -2.38. The van der Waals surface area contributed by atoms with Gasteiger partial charge in [-0.1, -0.05) is 28.6 Å². The van der Waals surface area contributed by atoms with Crippen LogP contribution in [0, 0.1) is 0 Å². The highest BCUT2D eigenvalue weighted by Crippen LogP contribution is 2.41. The van der Waals surface area contributed by atoms with Crippen LogP contribution in [0.15, 0.2) is 59.3 Å². The van der Waals surface area contributed by atoms with Gasteiger partial charge in [-0.15, -0.1) is 0 Å². The van der Waals surface area contributed by atoms with Crippen LogP contribution < -0.4 is 15.4 Å². The Morgan fingerprint density at radius 3 is 2.63 bits per heavy atom. The van der Waals surface area contributed by atoms with E-state index in [4.69, 9.17) is 24.5 Å². The summed E-state index contributed by atoms with van der Waals surface area (Å²) in [6.45, 7) is -2.26. The minimum absolute atomic E-state index is 0.154. The lowest BCUT2D eigenvalue weighted by atomic mass is 9.89. The van der Waals surface area contributed by atoms with Gasteiger partial charge in [0, 0.05) is 45.8 Å². The van der Waals surface area contributed by atoms with E-state index >= 15 is 0 Å². The number of aromatic nitrogens is 3. The number of ether oxygens (including phenoxy) is 2. The van der Waals surface area contributed by atoms with Crippen molar-refractivity contribution < 1.29 is 37.4 Å². The van der Waals surface area contributed by atoms with Gasteiger partial charge in [0.1, 0.15) is 17.8 Å². The molecule has 4 atom stereocenters. The minimum atomic E-state index is -4.56. The molecule has 5 aromatic rings. The van der Waals surface area contributed by atoms with E-state index in [9.17, 15) is 18.0 Å². The molecule has 1 aliphatic heterocycles. The van der Waals surface area contributed by atoms with Gasteiger partial charge >= 0.3 is 12.2 Å². The van der Waals surface area contributed by atoms with Crippen molar-refractivity contribution in [1.82, 2.24) is 19.4 Å². The fourth-order valence-corrected chi connectivity index (χ4v) is 5.26. The molecular formula is C29H29F3N6O4S. The van der Waals surface area contributed by atoms with Crippen molar-refractivity contribution >= 4 is 44.1 Å². The highest BCUT2D eigenvalue weighted by atomic mass is 32.1. The standard InChI is InChI=1S/C29H29F3N6O4S/c1-28(2,29(30,31)32)24-16-25(36-42-24)35-26(39)33-19-5-3-18(4-6-19)21-17-38-22-8-7-20(15-23(22)43-27(38)34-21)41-14-11-37-9-12-40-13-10-37/h3-8,15-17H,9-14H2,1-2H3,(H2,33,35,36,39)/i9D,10D,12D,13D. The van der Waals surface area contributed by atoms with Gasteiger partial charge in [0.05, 0.1) is 31.8 Å². The molecule has 2 aromatic carbocycles. The second kappa shape index (κ2) is 11.5. The summed E-state index contributed by atoms with van der Waals surface area (Å²) in [5.74, 6) is 0.0227. The van der Waals surface area contributed by atoms with E-state index < -0.39 is 49.6 Å². The zero-order chi connectivity index (χ0) is 33.7. The van der Waals surface area contributed by atoms with Gasteiger partial charge in [0.15, 0.2) is 16.5 Å². The van der Waals surface area contributed by atoms with E-state index in [0.29, 0.717) is 17.1 Å². The number of carbonyl (C=O) groups excluding carboxylic acids is 1. The van der Waals surface area contributed by atoms with Crippen LogP contribution in [0.1, 0.15) is 25.1 Å². The van der Waals surface area contributed by atoms with Crippen LogP contribution in [0.3, 0.4) is 0 Å². The molecule has 2 amide bonds. The molecule has 226 valence electrons. The molecule has 1 saturated heterocycles. The highest BCUT2D eigenvalue weighted by Gasteiger charge is 2.51. The topological polar surface area (TPSA) is 106 Å². The molecule has 0 spiro atoms. The van der Waals surface area contributed by atoms with E-state index in [1.165, 1.54) is 16.2 Å². The van der Waals surface area contributed by atoms with Crippen LogP contribution in [0.4, 0.5) is 29.5 Å². The number of amides is 2. The molecular weight excluding hydrogens is 585 g/mol. The van der Waals surface area contributed by atoms with Crippen LogP contribution in [0.5, 0.6) is 5.75 Å². The van der Waals surface area contributed by atoms with Crippen LogP contribution >= 0.6 is 11.3 Å². The van der Waals surface area contributed by atoms with Crippen molar-refractivity contribution in [3.63, 3.8) is 0 Å². The van der Waals surface area contributed by atoms with Gasteiger partial charge < -0.3 is 19.3 Å². The Balaban J connectivity index is 1.06. The third kappa shape index (κ3) is 6.17. The van der Waals surface area contributed by atoms with Crippen LogP contribution in [-0.2, 0) is 10.2 Å². The average molecular weight is 619 g/mol. The number of nitrogens with one attached hydrogen (secondary N) is 2. The zero-order valence-electron chi connectivity index (χ0n) is 26.9. The van der Waals surface area contributed by atoms with Gasteiger partial charge in [-0.2, -0.15) is 13.2 Å². The first-order chi connectivity index (χ1) is 22.2. The first-order valence-corrected chi connectivity index (χ1v) is 13.9.